The molecule has 1 amide bonds. The van der Waals surface area contributed by atoms with Crippen LogP contribution < -0.4 is 10.2 Å². The summed E-state index contributed by atoms with van der Waals surface area (Å²) in [6.07, 6.45) is 7.57. The highest BCUT2D eigenvalue weighted by molar-refractivity contribution is 5.93. The summed E-state index contributed by atoms with van der Waals surface area (Å²) in [6, 6.07) is 2.01. The molecule has 3 rings (SSSR count). The van der Waals surface area contributed by atoms with Gasteiger partial charge in [-0.15, -0.1) is 0 Å². The molecule has 1 saturated heterocycles. The number of nitrogens with zero attached hydrogens (tertiary/aromatic N) is 5. The van der Waals surface area contributed by atoms with E-state index < -0.39 is 0 Å². The van der Waals surface area contributed by atoms with Crippen LogP contribution in [0.1, 0.15) is 23.7 Å². The fourth-order valence-electron chi connectivity index (χ4n) is 2.94. The van der Waals surface area contributed by atoms with Crippen LogP contribution in [-0.4, -0.2) is 58.0 Å². The number of carbonyl (C=O) groups is 1. The van der Waals surface area contributed by atoms with Crippen LogP contribution in [0.15, 0.2) is 31.0 Å². The van der Waals surface area contributed by atoms with Gasteiger partial charge in [-0.2, -0.15) is 5.10 Å². The summed E-state index contributed by atoms with van der Waals surface area (Å²) in [5.74, 6) is 0.737. The van der Waals surface area contributed by atoms with Gasteiger partial charge in [-0.05, 0) is 19.4 Å². The third-order valence-corrected chi connectivity index (χ3v) is 4.29. The van der Waals surface area contributed by atoms with Crippen LogP contribution in [0.4, 0.5) is 5.82 Å². The Labute approximate surface area is 140 Å². The second kappa shape index (κ2) is 7.39. The molecule has 0 aliphatic carbocycles. The Bertz CT molecular complexity index is 674. The molecule has 1 N–H and O–H groups in total. The molecule has 3 heterocycles. The largest absolute Gasteiger partial charge is 0.380 e. The van der Waals surface area contributed by atoms with Gasteiger partial charge in [0, 0.05) is 39.1 Å². The number of aryl methyl sites for hydroxylation is 1. The number of ether oxygens (including phenoxy) is 1. The molecule has 1 fully saturated rings. The second-order valence-electron chi connectivity index (χ2n) is 5.76. The van der Waals surface area contributed by atoms with Crippen molar-refractivity contribution in [2.75, 3.05) is 25.1 Å². The first-order valence-electron chi connectivity index (χ1n) is 8.07. The lowest BCUT2D eigenvalue weighted by atomic mass is 10.2. The Hall–Kier alpha value is -2.48. The molecule has 0 radical (unpaired) electrons. The SMILES string of the molecule is CCn1cc(C(=O)NC[C@H]2C[C@@H](OC)CN2c2ccncn2)cn1. The van der Waals surface area contributed by atoms with Crippen molar-refractivity contribution >= 4 is 11.7 Å². The van der Waals surface area contributed by atoms with Crippen LogP contribution in [-0.2, 0) is 11.3 Å². The third-order valence-electron chi connectivity index (χ3n) is 4.29. The molecule has 0 bridgehead atoms. The predicted molar refractivity (Wildman–Crippen MR) is 88.8 cm³/mol. The van der Waals surface area contributed by atoms with Gasteiger partial charge in [-0.3, -0.25) is 9.48 Å². The van der Waals surface area contributed by atoms with Crippen LogP contribution in [0.3, 0.4) is 0 Å². The van der Waals surface area contributed by atoms with Crippen molar-refractivity contribution in [2.45, 2.75) is 32.0 Å². The summed E-state index contributed by atoms with van der Waals surface area (Å²) in [5.41, 5.74) is 0.576. The van der Waals surface area contributed by atoms with E-state index in [9.17, 15) is 4.79 Å². The smallest absolute Gasteiger partial charge is 0.254 e. The fraction of sp³-hybridized carbons (Fsp3) is 0.500. The van der Waals surface area contributed by atoms with Crippen LogP contribution in [0.5, 0.6) is 0 Å². The number of anilines is 1. The van der Waals surface area contributed by atoms with Crippen molar-refractivity contribution in [3.63, 3.8) is 0 Å². The van der Waals surface area contributed by atoms with Crippen LogP contribution in [0.25, 0.3) is 0 Å². The number of hydrogen-bond acceptors (Lipinski definition) is 6. The van der Waals surface area contributed by atoms with Crippen molar-refractivity contribution in [1.82, 2.24) is 25.1 Å². The molecule has 1 aliphatic heterocycles. The molecular weight excluding hydrogens is 308 g/mol. The minimum atomic E-state index is -0.113. The quantitative estimate of drug-likeness (QED) is 0.840. The average Bonchev–Trinajstić information content (AvgIpc) is 3.27. The number of methoxy groups -OCH3 is 1. The maximum absolute atomic E-state index is 12.3. The monoisotopic (exact) mass is 330 g/mol. The van der Waals surface area contributed by atoms with Gasteiger partial charge in [0.15, 0.2) is 0 Å². The van der Waals surface area contributed by atoms with Crippen molar-refractivity contribution in [3.05, 3.63) is 36.5 Å². The molecular formula is C16H22N6O2. The molecule has 128 valence electrons. The number of carbonyl (C=O) groups excluding carboxylic acids is 1. The maximum atomic E-state index is 12.3. The lowest BCUT2D eigenvalue weighted by molar-refractivity contribution is 0.0946. The molecule has 1 aliphatic rings. The summed E-state index contributed by atoms with van der Waals surface area (Å²) in [6.45, 7) is 4.01. The van der Waals surface area contributed by atoms with Gasteiger partial charge in [0.1, 0.15) is 12.1 Å². The first kappa shape index (κ1) is 16.4. The van der Waals surface area contributed by atoms with Crippen LogP contribution >= 0.6 is 0 Å². The third kappa shape index (κ3) is 3.53. The standard InChI is InChI=1S/C16H22N6O2/c1-3-21-9-12(7-20-21)16(23)18-8-13-6-14(24-2)10-22(13)15-4-5-17-11-19-15/h4-5,7,9,11,13-14H,3,6,8,10H2,1-2H3,(H,18,23)/t13-,14-/m1/s1. The Morgan fingerprint density at radius 3 is 3.04 bits per heavy atom. The lowest BCUT2D eigenvalue weighted by Crippen LogP contribution is -2.40. The summed E-state index contributed by atoms with van der Waals surface area (Å²) in [5, 5.41) is 7.12. The molecule has 2 aromatic heterocycles. The van der Waals surface area contributed by atoms with Gasteiger partial charge in [0.25, 0.3) is 5.91 Å². The van der Waals surface area contributed by atoms with Gasteiger partial charge in [-0.25, -0.2) is 9.97 Å². The lowest BCUT2D eigenvalue weighted by Gasteiger charge is -2.25. The Balaban J connectivity index is 1.64. The Morgan fingerprint density at radius 2 is 2.38 bits per heavy atom. The molecule has 2 atom stereocenters. The van der Waals surface area contributed by atoms with E-state index in [1.807, 2.05) is 13.0 Å². The number of amides is 1. The van der Waals surface area contributed by atoms with Crippen LogP contribution in [0.2, 0.25) is 0 Å². The van der Waals surface area contributed by atoms with Crippen molar-refractivity contribution < 1.29 is 9.53 Å². The summed E-state index contributed by atoms with van der Waals surface area (Å²) < 4.78 is 7.23. The highest BCUT2D eigenvalue weighted by atomic mass is 16.5. The maximum Gasteiger partial charge on any atom is 0.254 e. The number of hydrogen-bond donors (Lipinski definition) is 1. The minimum Gasteiger partial charge on any atom is -0.380 e. The van der Waals surface area contributed by atoms with E-state index in [2.05, 4.69) is 25.3 Å². The van der Waals surface area contributed by atoms with Gasteiger partial charge >= 0.3 is 0 Å². The Morgan fingerprint density at radius 1 is 1.50 bits per heavy atom. The summed E-state index contributed by atoms with van der Waals surface area (Å²) >= 11 is 0. The van der Waals surface area contributed by atoms with Crippen molar-refractivity contribution in [2.24, 2.45) is 0 Å². The molecule has 24 heavy (non-hydrogen) atoms. The first-order valence-corrected chi connectivity index (χ1v) is 8.07. The number of nitrogens with one attached hydrogen (secondary N) is 1. The molecule has 0 aromatic carbocycles. The topological polar surface area (TPSA) is 85.2 Å². The van der Waals surface area contributed by atoms with E-state index >= 15 is 0 Å². The summed E-state index contributed by atoms with van der Waals surface area (Å²) in [4.78, 5) is 22.7. The minimum absolute atomic E-state index is 0.113. The van der Waals surface area contributed by atoms with Crippen molar-refractivity contribution in [1.29, 1.82) is 0 Å². The highest BCUT2D eigenvalue weighted by Gasteiger charge is 2.33. The van der Waals surface area contributed by atoms with E-state index in [0.29, 0.717) is 12.1 Å². The zero-order chi connectivity index (χ0) is 16.9. The van der Waals surface area contributed by atoms with Gasteiger partial charge in [0.2, 0.25) is 0 Å². The average molecular weight is 330 g/mol. The first-order chi connectivity index (χ1) is 11.7. The fourth-order valence-corrected chi connectivity index (χ4v) is 2.94. The van der Waals surface area contributed by atoms with Gasteiger partial charge in [-0.1, -0.05) is 0 Å². The van der Waals surface area contributed by atoms with Crippen molar-refractivity contribution in [3.8, 4) is 0 Å². The molecule has 0 unspecified atom stereocenters. The van der Waals surface area contributed by atoms with E-state index in [1.165, 1.54) is 6.33 Å². The number of aromatic nitrogens is 4. The van der Waals surface area contributed by atoms with Gasteiger partial charge in [0.05, 0.1) is 23.9 Å². The van der Waals surface area contributed by atoms with E-state index in [-0.39, 0.29) is 18.1 Å². The highest BCUT2D eigenvalue weighted by Crippen LogP contribution is 2.24. The molecule has 0 spiro atoms. The van der Waals surface area contributed by atoms with E-state index in [1.54, 1.807) is 30.4 Å². The summed E-state index contributed by atoms with van der Waals surface area (Å²) in [7, 11) is 1.71. The predicted octanol–water partition coefficient (Wildman–Crippen LogP) is 0.717. The Kier molecular flexibility index (Phi) is 5.05. The normalized spacial score (nSPS) is 20.3. The molecule has 8 heteroatoms. The molecule has 2 aromatic rings. The van der Waals surface area contributed by atoms with Gasteiger partial charge < -0.3 is 15.0 Å². The van der Waals surface area contributed by atoms with E-state index in [0.717, 1.165) is 25.3 Å². The zero-order valence-electron chi connectivity index (χ0n) is 13.9. The number of rotatable bonds is 6. The van der Waals surface area contributed by atoms with E-state index in [4.69, 9.17) is 4.74 Å². The molecule has 8 nitrogen and oxygen atoms in total. The zero-order valence-corrected chi connectivity index (χ0v) is 13.9. The molecule has 0 saturated carbocycles. The van der Waals surface area contributed by atoms with Crippen LogP contribution in [0, 0.1) is 0 Å². The second-order valence-corrected chi connectivity index (χ2v) is 5.76.